The molecule has 9 heteroatoms. The van der Waals surface area contributed by atoms with Crippen molar-refractivity contribution < 1.29 is 4.39 Å². The fraction of sp³-hybridized carbons (Fsp3) is 0.0435. The highest BCUT2D eigenvalue weighted by molar-refractivity contribution is 7.16. The summed E-state index contributed by atoms with van der Waals surface area (Å²) in [4.78, 5) is 13.5. The molecule has 4 rings (SSSR count). The second kappa shape index (κ2) is 9.36. The molecular weight excluding hydrogens is 425 g/mol. The van der Waals surface area contributed by atoms with Crippen molar-refractivity contribution in [3.8, 4) is 5.69 Å². The fourth-order valence-electron chi connectivity index (χ4n) is 3.00. The van der Waals surface area contributed by atoms with E-state index in [0.29, 0.717) is 27.9 Å². The second-order valence-corrected chi connectivity index (χ2v) is 7.86. The Labute approximate surface area is 188 Å². The summed E-state index contributed by atoms with van der Waals surface area (Å²) in [5, 5.41) is 8.43. The summed E-state index contributed by atoms with van der Waals surface area (Å²) in [6, 6.07) is 16.3. The quantitative estimate of drug-likeness (QED) is 0.247. The molecule has 1 aromatic carbocycles. The standard InChI is InChI=1S/C23H20FN7S/c1-15(19-9-11-21(25)32-19)30-22(28-13-16-8-10-20(24)27-12-16)18-14-29-31(23(18)26-2)17-6-4-3-5-7-17/h3-12,14H,1-2,13,25H2,(H,28,30). The molecular formula is C23H20FN7S. The van der Waals surface area contributed by atoms with Crippen LogP contribution in [0.5, 0.6) is 0 Å². The van der Waals surface area contributed by atoms with Gasteiger partial charge < -0.3 is 11.1 Å². The van der Waals surface area contributed by atoms with Crippen molar-refractivity contribution in [2.45, 2.75) is 6.54 Å². The van der Waals surface area contributed by atoms with Crippen LogP contribution in [0.2, 0.25) is 0 Å². The summed E-state index contributed by atoms with van der Waals surface area (Å²) in [5.74, 6) is 0.482. The minimum atomic E-state index is -0.540. The molecule has 0 bridgehead atoms. The van der Waals surface area contributed by atoms with Crippen molar-refractivity contribution >= 4 is 40.4 Å². The maximum atomic E-state index is 13.2. The van der Waals surface area contributed by atoms with Gasteiger partial charge in [-0.15, -0.1) is 11.3 Å². The number of nitrogens with two attached hydrogens (primary N) is 1. The van der Waals surface area contributed by atoms with Crippen LogP contribution in [0.25, 0.3) is 11.4 Å². The van der Waals surface area contributed by atoms with E-state index in [1.807, 2.05) is 42.5 Å². The molecule has 4 aromatic rings. The number of amidine groups is 1. The van der Waals surface area contributed by atoms with E-state index in [9.17, 15) is 4.39 Å². The zero-order valence-electron chi connectivity index (χ0n) is 17.1. The lowest BCUT2D eigenvalue weighted by Crippen LogP contribution is -2.22. The Bertz CT molecular complexity index is 1270. The lowest BCUT2D eigenvalue weighted by atomic mass is 10.2. The van der Waals surface area contributed by atoms with Crippen LogP contribution >= 0.6 is 11.3 Å². The largest absolute Gasteiger partial charge is 0.391 e. The first-order valence-corrected chi connectivity index (χ1v) is 10.4. The van der Waals surface area contributed by atoms with E-state index in [4.69, 9.17) is 10.7 Å². The first-order valence-electron chi connectivity index (χ1n) is 9.62. The second-order valence-electron chi connectivity index (χ2n) is 6.75. The van der Waals surface area contributed by atoms with Gasteiger partial charge in [0.05, 0.1) is 33.9 Å². The number of anilines is 1. The van der Waals surface area contributed by atoms with E-state index in [-0.39, 0.29) is 6.54 Å². The third kappa shape index (κ3) is 4.62. The molecule has 0 aliphatic heterocycles. The average molecular weight is 446 g/mol. The number of hydrogen-bond donors (Lipinski definition) is 2. The smallest absolute Gasteiger partial charge is 0.212 e. The van der Waals surface area contributed by atoms with E-state index in [0.717, 1.165) is 16.1 Å². The average Bonchev–Trinajstić information content (AvgIpc) is 3.44. The molecule has 0 aliphatic rings. The normalized spacial score (nSPS) is 11.3. The highest BCUT2D eigenvalue weighted by atomic mass is 32.1. The molecule has 0 amide bonds. The van der Waals surface area contributed by atoms with Gasteiger partial charge in [0.2, 0.25) is 5.95 Å². The third-order valence-corrected chi connectivity index (χ3v) is 5.53. The third-order valence-electron chi connectivity index (χ3n) is 4.55. The number of hydrogen-bond acceptors (Lipinski definition) is 6. The summed E-state index contributed by atoms with van der Waals surface area (Å²) < 4.78 is 14.8. The molecule has 7 nitrogen and oxygen atoms in total. The zero-order valence-corrected chi connectivity index (χ0v) is 17.9. The van der Waals surface area contributed by atoms with Crippen molar-refractivity contribution in [1.82, 2.24) is 20.1 Å². The fourth-order valence-corrected chi connectivity index (χ4v) is 3.70. The Hall–Kier alpha value is -4.11. The van der Waals surface area contributed by atoms with E-state index < -0.39 is 5.95 Å². The van der Waals surface area contributed by atoms with Crippen LogP contribution in [0.15, 0.2) is 83.6 Å². The summed E-state index contributed by atoms with van der Waals surface area (Å²) in [6.07, 6.45) is 3.12. The van der Waals surface area contributed by atoms with Gasteiger partial charge in [-0.2, -0.15) is 9.49 Å². The summed E-state index contributed by atoms with van der Waals surface area (Å²) in [7, 11) is 0. The number of pyridine rings is 1. The predicted molar refractivity (Wildman–Crippen MR) is 128 cm³/mol. The summed E-state index contributed by atoms with van der Waals surface area (Å²) >= 11 is 1.41. The minimum Gasteiger partial charge on any atom is -0.391 e. The lowest BCUT2D eigenvalue weighted by Gasteiger charge is -2.12. The molecule has 0 saturated heterocycles. The van der Waals surface area contributed by atoms with Crippen LogP contribution in [-0.2, 0) is 6.54 Å². The lowest BCUT2D eigenvalue weighted by molar-refractivity contribution is 0.582. The Morgan fingerprint density at radius 3 is 2.59 bits per heavy atom. The molecule has 0 atom stereocenters. The van der Waals surface area contributed by atoms with Crippen molar-refractivity contribution in [3.63, 3.8) is 0 Å². The molecule has 0 fully saturated rings. The van der Waals surface area contributed by atoms with Gasteiger partial charge in [0, 0.05) is 11.9 Å². The Morgan fingerprint density at radius 1 is 1.12 bits per heavy atom. The van der Waals surface area contributed by atoms with Gasteiger partial charge in [0.1, 0.15) is 5.84 Å². The van der Waals surface area contributed by atoms with Crippen LogP contribution in [0.3, 0.4) is 0 Å². The number of rotatable bonds is 7. The first kappa shape index (κ1) is 21.1. The topological polar surface area (TPSA) is 93.5 Å². The van der Waals surface area contributed by atoms with Crippen LogP contribution in [0, 0.1) is 5.95 Å². The number of nitrogens with one attached hydrogen (secondary N) is 1. The number of aliphatic imine (C=N–C) groups is 2. The van der Waals surface area contributed by atoms with Crippen molar-refractivity contribution in [2.24, 2.45) is 9.98 Å². The number of aromatic nitrogens is 3. The van der Waals surface area contributed by atoms with Crippen molar-refractivity contribution in [1.29, 1.82) is 0 Å². The highest BCUT2D eigenvalue weighted by Crippen LogP contribution is 2.26. The maximum Gasteiger partial charge on any atom is 0.212 e. The van der Waals surface area contributed by atoms with E-state index >= 15 is 0 Å². The van der Waals surface area contributed by atoms with E-state index in [2.05, 4.69) is 33.7 Å². The molecule has 3 aromatic heterocycles. The number of nitrogens with zero attached hydrogens (tertiary/aromatic N) is 5. The van der Waals surface area contributed by atoms with Gasteiger partial charge in [0.15, 0.2) is 5.82 Å². The van der Waals surface area contributed by atoms with Gasteiger partial charge in [-0.3, -0.25) is 4.99 Å². The van der Waals surface area contributed by atoms with E-state index in [1.54, 1.807) is 16.9 Å². The van der Waals surface area contributed by atoms with Crippen LogP contribution in [0.4, 0.5) is 15.2 Å². The summed E-state index contributed by atoms with van der Waals surface area (Å²) in [6.45, 7) is 8.10. The van der Waals surface area contributed by atoms with Crippen LogP contribution in [-0.4, -0.2) is 27.3 Å². The minimum absolute atomic E-state index is 0.266. The Kier molecular flexibility index (Phi) is 6.18. The van der Waals surface area contributed by atoms with Crippen LogP contribution < -0.4 is 11.1 Å². The number of halogens is 1. The molecule has 32 heavy (non-hydrogen) atoms. The van der Waals surface area contributed by atoms with Crippen molar-refractivity contribution in [3.05, 3.63) is 95.5 Å². The highest BCUT2D eigenvalue weighted by Gasteiger charge is 2.18. The zero-order chi connectivity index (χ0) is 22.5. The Balaban J connectivity index is 1.72. The van der Waals surface area contributed by atoms with Gasteiger partial charge >= 0.3 is 0 Å². The molecule has 0 spiro atoms. The molecule has 160 valence electrons. The van der Waals surface area contributed by atoms with Crippen LogP contribution in [0.1, 0.15) is 16.0 Å². The molecule has 3 heterocycles. The SMILES string of the molecule is C=Nc1c(/C(=N\Cc2ccc(F)nc2)NC(=C)c2ccc(N)s2)cnn1-c1ccccc1. The van der Waals surface area contributed by atoms with Crippen molar-refractivity contribution in [2.75, 3.05) is 5.73 Å². The maximum absolute atomic E-state index is 13.2. The summed E-state index contributed by atoms with van der Waals surface area (Å²) in [5.41, 5.74) is 8.73. The number of para-hydroxylation sites is 1. The van der Waals surface area contributed by atoms with Gasteiger partial charge in [-0.05, 0) is 42.6 Å². The molecule has 3 N–H and O–H groups in total. The number of nitrogen functional groups attached to an aromatic ring is 1. The monoisotopic (exact) mass is 445 g/mol. The Morgan fingerprint density at radius 2 is 1.94 bits per heavy atom. The van der Waals surface area contributed by atoms with Gasteiger partial charge in [-0.25, -0.2) is 14.7 Å². The van der Waals surface area contributed by atoms with E-state index in [1.165, 1.54) is 23.6 Å². The van der Waals surface area contributed by atoms with Gasteiger partial charge in [-0.1, -0.05) is 30.8 Å². The van der Waals surface area contributed by atoms with Gasteiger partial charge in [0.25, 0.3) is 0 Å². The molecule has 0 unspecified atom stereocenters. The number of thiophene rings is 1. The first-order chi connectivity index (χ1) is 15.5. The predicted octanol–water partition coefficient (Wildman–Crippen LogP) is 4.59. The molecule has 0 saturated carbocycles. The number of benzene rings is 1. The molecule has 0 radical (unpaired) electrons. The molecule has 0 aliphatic carbocycles.